The van der Waals surface area contributed by atoms with Gasteiger partial charge in [-0.25, -0.2) is 0 Å². The maximum atomic E-state index is 11.4. The minimum atomic E-state index is -0.459. The van der Waals surface area contributed by atoms with Crippen molar-refractivity contribution in [3.8, 4) is 0 Å². The van der Waals surface area contributed by atoms with E-state index in [2.05, 4.69) is 20.6 Å². The standard InChI is InChI=1S/C17H25N5O3/c1-18-14-15(17(24)16(14)23)19-6-5-9-25-22-12-13(10-20-22)11-21-7-3-2-4-8-21/h10,12,18-19H,2-9,11H2,1H3. The number of aromatic nitrogens is 2. The number of nitrogens with zero attached hydrogens (tertiary/aromatic N) is 3. The van der Waals surface area contributed by atoms with Crippen LogP contribution in [0.1, 0.15) is 31.2 Å². The second-order valence-corrected chi connectivity index (χ2v) is 6.36. The first-order valence-corrected chi connectivity index (χ1v) is 8.83. The van der Waals surface area contributed by atoms with Crippen LogP contribution in [0, 0.1) is 0 Å². The molecule has 1 aliphatic heterocycles. The summed E-state index contributed by atoms with van der Waals surface area (Å²) in [6.07, 6.45) is 8.34. The lowest BCUT2D eigenvalue weighted by molar-refractivity contribution is 0.0818. The fourth-order valence-corrected chi connectivity index (χ4v) is 3.11. The molecular weight excluding hydrogens is 322 g/mol. The van der Waals surface area contributed by atoms with Crippen molar-refractivity contribution in [2.24, 2.45) is 0 Å². The zero-order valence-corrected chi connectivity index (χ0v) is 14.6. The average molecular weight is 347 g/mol. The summed E-state index contributed by atoms with van der Waals surface area (Å²) in [5.41, 5.74) is 0.969. The van der Waals surface area contributed by atoms with Gasteiger partial charge in [0.25, 0.3) is 10.9 Å². The lowest BCUT2D eigenvalue weighted by Gasteiger charge is -2.25. The van der Waals surface area contributed by atoms with Crippen LogP contribution in [0.5, 0.6) is 0 Å². The van der Waals surface area contributed by atoms with Gasteiger partial charge in [0.2, 0.25) is 0 Å². The van der Waals surface area contributed by atoms with Gasteiger partial charge in [0.15, 0.2) is 0 Å². The summed E-state index contributed by atoms with van der Waals surface area (Å²) in [6.45, 7) is 4.26. The Labute approximate surface area is 146 Å². The Morgan fingerprint density at radius 3 is 2.68 bits per heavy atom. The van der Waals surface area contributed by atoms with E-state index in [1.165, 1.54) is 24.1 Å². The van der Waals surface area contributed by atoms with E-state index in [0.717, 1.165) is 25.2 Å². The van der Waals surface area contributed by atoms with E-state index in [1.807, 2.05) is 12.4 Å². The number of hydrogen-bond donors (Lipinski definition) is 2. The lowest BCUT2D eigenvalue weighted by Crippen LogP contribution is -2.37. The Hall–Kier alpha value is -2.35. The molecule has 0 saturated carbocycles. The first-order valence-electron chi connectivity index (χ1n) is 8.83. The van der Waals surface area contributed by atoms with E-state index >= 15 is 0 Å². The quantitative estimate of drug-likeness (QED) is 0.502. The normalized spacial score (nSPS) is 15.4. The topological polar surface area (TPSA) is 88.5 Å². The summed E-state index contributed by atoms with van der Waals surface area (Å²) < 4.78 is 0. The predicted molar refractivity (Wildman–Crippen MR) is 96.8 cm³/mol. The van der Waals surface area contributed by atoms with Crippen LogP contribution in [0.15, 0.2) is 22.0 Å². The molecule has 0 atom stereocenters. The highest BCUT2D eigenvalue weighted by Crippen LogP contribution is 2.13. The fraction of sp³-hybridized carbons (Fsp3) is 0.588. The van der Waals surface area contributed by atoms with E-state index in [-0.39, 0.29) is 0 Å². The SMILES string of the molecule is CNc1c(NCCCOn2cc(CN3CCCCC3)cn2)c(=O)c1=O. The van der Waals surface area contributed by atoms with Gasteiger partial charge in [0.1, 0.15) is 18.0 Å². The Balaban J connectivity index is 1.36. The molecule has 8 nitrogen and oxygen atoms in total. The molecule has 136 valence electrons. The van der Waals surface area contributed by atoms with Crippen molar-refractivity contribution in [1.29, 1.82) is 0 Å². The Morgan fingerprint density at radius 1 is 1.16 bits per heavy atom. The molecule has 1 saturated heterocycles. The third-order valence-corrected chi connectivity index (χ3v) is 4.48. The van der Waals surface area contributed by atoms with Crippen LogP contribution in [-0.2, 0) is 6.54 Å². The van der Waals surface area contributed by atoms with Crippen LogP contribution in [0.2, 0.25) is 0 Å². The van der Waals surface area contributed by atoms with E-state index < -0.39 is 10.9 Å². The van der Waals surface area contributed by atoms with Crippen molar-refractivity contribution < 1.29 is 4.84 Å². The molecule has 1 aromatic heterocycles. The van der Waals surface area contributed by atoms with Crippen molar-refractivity contribution in [3.63, 3.8) is 0 Å². The molecule has 1 aliphatic rings. The van der Waals surface area contributed by atoms with Gasteiger partial charge in [0.05, 0.1) is 12.4 Å². The zero-order chi connectivity index (χ0) is 17.6. The molecule has 0 amide bonds. The second kappa shape index (κ2) is 8.15. The molecule has 0 unspecified atom stereocenters. The number of nitrogens with one attached hydrogen (secondary N) is 2. The first-order chi connectivity index (χ1) is 12.2. The number of likely N-dealkylation sites (tertiary alicyclic amines) is 1. The number of anilines is 2. The van der Waals surface area contributed by atoms with E-state index in [1.54, 1.807) is 7.05 Å². The van der Waals surface area contributed by atoms with Gasteiger partial charge in [-0.15, -0.1) is 9.94 Å². The highest BCUT2D eigenvalue weighted by molar-refractivity contribution is 5.73. The molecule has 2 heterocycles. The maximum absolute atomic E-state index is 11.4. The molecule has 0 spiro atoms. The minimum Gasteiger partial charge on any atom is -0.397 e. The molecule has 0 bridgehead atoms. The molecule has 0 radical (unpaired) electrons. The summed E-state index contributed by atoms with van der Waals surface area (Å²) in [6, 6.07) is 0. The van der Waals surface area contributed by atoms with Crippen molar-refractivity contribution in [2.45, 2.75) is 32.2 Å². The minimum absolute atomic E-state index is 0.361. The monoisotopic (exact) mass is 347 g/mol. The largest absolute Gasteiger partial charge is 0.397 e. The van der Waals surface area contributed by atoms with Gasteiger partial charge < -0.3 is 15.5 Å². The van der Waals surface area contributed by atoms with Gasteiger partial charge in [-0.1, -0.05) is 6.42 Å². The molecule has 2 N–H and O–H groups in total. The summed E-state index contributed by atoms with van der Waals surface area (Å²) in [5.74, 6) is 0. The van der Waals surface area contributed by atoms with Crippen LogP contribution in [0.3, 0.4) is 0 Å². The second-order valence-electron chi connectivity index (χ2n) is 6.36. The summed E-state index contributed by atoms with van der Waals surface area (Å²) in [5, 5.41) is 9.93. The van der Waals surface area contributed by atoms with Gasteiger partial charge in [-0.2, -0.15) is 0 Å². The zero-order valence-electron chi connectivity index (χ0n) is 14.6. The molecule has 1 fully saturated rings. The highest BCUT2D eigenvalue weighted by atomic mass is 16.7. The van der Waals surface area contributed by atoms with Crippen LogP contribution in [-0.4, -0.2) is 48.1 Å². The lowest BCUT2D eigenvalue weighted by atomic mass is 10.1. The Bertz CT molecular complexity index is 757. The van der Waals surface area contributed by atoms with E-state index in [0.29, 0.717) is 30.9 Å². The van der Waals surface area contributed by atoms with Gasteiger partial charge in [0, 0.05) is 32.1 Å². The average Bonchev–Trinajstić information content (AvgIpc) is 3.08. The Kier molecular flexibility index (Phi) is 5.70. The van der Waals surface area contributed by atoms with Crippen molar-refractivity contribution >= 4 is 11.4 Å². The first kappa shape index (κ1) is 17.5. The number of hydrogen-bond acceptors (Lipinski definition) is 7. The molecule has 8 heteroatoms. The third-order valence-electron chi connectivity index (χ3n) is 4.48. The summed E-state index contributed by atoms with van der Waals surface area (Å²) >= 11 is 0. The van der Waals surface area contributed by atoms with Crippen molar-refractivity contribution in [2.75, 3.05) is 43.9 Å². The number of piperidine rings is 1. The summed E-state index contributed by atoms with van der Waals surface area (Å²) in [4.78, 5) is 32.2. The molecule has 2 aromatic rings. The van der Waals surface area contributed by atoms with Gasteiger partial charge >= 0.3 is 0 Å². The fourth-order valence-electron chi connectivity index (χ4n) is 3.11. The van der Waals surface area contributed by atoms with Crippen LogP contribution in [0.25, 0.3) is 0 Å². The maximum Gasteiger partial charge on any atom is 0.253 e. The predicted octanol–water partition coefficient (Wildman–Crippen LogP) is 0.438. The van der Waals surface area contributed by atoms with Gasteiger partial charge in [-0.3, -0.25) is 14.5 Å². The Morgan fingerprint density at radius 2 is 1.92 bits per heavy atom. The van der Waals surface area contributed by atoms with Crippen molar-refractivity contribution in [3.05, 3.63) is 38.4 Å². The van der Waals surface area contributed by atoms with Crippen LogP contribution in [0.4, 0.5) is 11.4 Å². The summed E-state index contributed by atoms with van der Waals surface area (Å²) in [7, 11) is 1.63. The smallest absolute Gasteiger partial charge is 0.253 e. The van der Waals surface area contributed by atoms with E-state index in [4.69, 9.17) is 4.84 Å². The van der Waals surface area contributed by atoms with Crippen LogP contribution < -0.4 is 26.3 Å². The van der Waals surface area contributed by atoms with Crippen molar-refractivity contribution in [1.82, 2.24) is 14.8 Å². The van der Waals surface area contributed by atoms with E-state index in [9.17, 15) is 9.59 Å². The molecular formula is C17H25N5O3. The number of rotatable bonds is 9. The highest BCUT2D eigenvalue weighted by Gasteiger charge is 2.18. The molecule has 1 aromatic carbocycles. The molecule has 25 heavy (non-hydrogen) atoms. The molecule has 0 aliphatic carbocycles. The van der Waals surface area contributed by atoms with Gasteiger partial charge in [-0.05, 0) is 25.9 Å². The third kappa shape index (κ3) is 4.19. The van der Waals surface area contributed by atoms with Crippen LogP contribution >= 0.6 is 0 Å². The molecule has 3 rings (SSSR count).